The fourth-order valence-electron chi connectivity index (χ4n) is 4.82. The zero-order valence-corrected chi connectivity index (χ0v) is 16.0. The molecule has 5 rings (SSSR count). The number of carbonyl (C=O) groups excluding carboxylic acids is 1. The van der Waals surface area contributed by atoms with E-state index >= 15 is 0 Å². The van der Waals surface area contributed by atoms with Crippen LogP contribution in [0.3, 0.4) is 0 Å². The number of aryl methyl sites for hydroxylation is 1. The summed E-state index contributed by atoms with van der Waals surface area (Å²) in [6.45, 7) is 3.32. The summed E-state index contributed by atoms with van der Waals surface area (Å²) in [5, 5.41) is 7.32. The number of hydrogen-bond acceptors (Lipinski definition) is 5. The first-order valence-corrected chi connectivity index (χ1v) is 10.2. The van der Waals surface area contributed by atoms with Gasteiger partial charge in [-0.05, 0) is 50.2 Å². The lowest BCUT2D eigenvalue weighted by Gasteiger charge is -2.50. The van der Waals surface area contributed by atoms with E-state index < -0.39 is 0 Å². The van der Waals surface area contributed by atoms with E-state index in [1.165, 1.54) is 0 Å². The molecular formula is C21H26N4O3. The second kappa shape index (κ2) is 7.29. The van der Waals surface area contributed by atoms with Gasteiger partial charge in [0.2, 0.25) is 0 Å². The Balaban J connectivity index is 1.14. The summed E-state index contributed by atoms with van der Waals surface area (Å²) in [6.07, 6.45) is 6.84. The summed E-state index contributed by atoms with van der Waals surface area (Å²) >= 11 is 0. The van der Waals surface area contributed by atoms with Gasteiger partial charge in [-0.25, -0.2) is 0 Å². The zero-order chi connectivity index (χ0) is 19.0. The Hall–Kier alpha value is -2.25. The predicted molar refractivity (Wildman–Crippen MR) is 102 cm³/mol. The molecule has 0 unspecified atom stereocenters. The number of fused-ring (bicyclic) bond motifs is 1. The average Bonchev–Trinajstić information content (AvgIpc) is 3.39. The quantitative estimate of drug-likeness (QED) is 0.774. The molecule has 0 saturated carbocycles. The molecule has 2 aromatic rings. The van der Waals surface area contributed by atoms with Gasteiger partial charge in [0.25, 0.3) is 5.91 Å². The van der Waals surface area contributed by atoms with Crippen molar-refractivity contribution < 1.29 is 14.3 Å². The number of carbonyl (C=O) groups is 1. The minimum absolute atomic E-state index is 0.0469. The maximum atomic E-state index is 12.9. The number of aromatic amines is 1. The maximum absolute atomic E-state index is 12.9. The molecule has 2 fully saturated rings. The minimum Gasteiger partial charge on any atom is -0.375 e. The van der Waals surface area contributed by atoms with Gasteiger partial charge >= 0.3 is 0 Å². The summed E-state index contributed by atoms with van der Waals surface area (Å²) in [7, 11) is 0. The van der Waals surface area contributed by atoms with Crippen LogP contribution >= 0.6 is 0 Å². The van der Waals surface area contributed by atoms with Gasteiger partial charge in [0.15, 0.2) is 5.69 Å². The fraction of sp³-hybridized carbons (Fsp3) is 0.571. The monoisotopic (exact) mass is 382 g/mol. The van der Waals surface area contributed by atoms with Gasteiger partial charge < -0.3 is 14.4 Å². The number of rotatable bonds is 6. The number of nitrogens with zero attached hydrogens (tertiary/aromatic N) is 3. The van der Waals surface area contributed by atoms with Crippen LogP contribution in [0.4, 0.5) is 0 Å². The van der Waals surface area contributed by atoms with E-state index in [-0.39, 0.29) is 11.5 Å². The highest BCUT2D eigenvalue weighted by molar-refractivity contribution is 5.95. The van der Waals surface area contributed by atoms with Crippen molar-refractivity contribution in [3.8, 4) is 0 Å². The van der Waals surface area contributed by atoms with Crippen molar-refractivity contribution >= 4 is 5.91 Å². The van der Waals surface area contributed by atoms with Crippen LogP contribution in [0, 0.1) is 5.92 Å². The third-order valence-electron chi connectivity index (χ3n) is 6.40. The standard InChI is InChI=1S/C21H26N4O3/c26-20(19-17-5-3-6-18(17)23-24-19)25-13-21(14-25)15(8-11-28-21)7-10-27-12-16-4-1-2-9-22-16/h1-2,4,9,15H,3,5-8,10-14H2,(H,23,24)/t15-/m1/s1. The third-order valence-corrected chi connectivity index (χ3v) is 6.40. The Labute approximate surface area is 164 Å². The van der Waals surface area contributed by atoms with Crippen molar-refractivity contribution in [2.45, 2.75) is 44.3 Å². The number of nitrogens with one attached hydrogen (secondary N) is 1. The Morgan fingerprint density at radius 1 is 1.36 bits per heavy atom. The lowest BCUT2D eigenvalue weighted by atomic mass is 9.79. The molecule has 0 bridgehead atoms. The van der Waals surface area contributed by atoms with Gasteiger partial charge in [0, 0.05) is 30.7 Å². The molecular weight excluding hydrogens is 356 g/mol. The molecule has 28 heavy (non-hydrogen) atoms. The summed E-state index contributed by atoms with van der Waals surface area (Å²) in [4.78, 5) is 19.0. The number of ether oxygens (including phenoxy) is 2. The topological polar surface area (TPSA) is 80.3 Å². The van der Waals surface area contributed by atoms with Crippen molar-refractivity contribution in [1.29, 1.82) is 0 Å². The van der Waals surface area contributed by atoms with Gasteiger partial charge in [0.1, 0.15) is 5.60 Å². The molecule has 1 atom stereocenters. The second-order valence-corrected chi connectivity index (χ2v) is 8.11. The van der Waals surface area contributed by atoms with Gasteiger partial charge in [-0.15, -0.1) is 0 Å². The summed E-state index contributed by atoms with van der Waals surface area (Å²) < 4.78 is 11.9. The van der Waals surface area contributed by atoms with Crippen LogP contribution in [-0.2, 0) is 28.9 Å². The van der Waals surface area contributed by atoms with Crippen LogP contribution in [0.2, 0.25) is 0 Å². The lowest BCUT2D eigenvalue weighted by molar-refractivity contribution is -0.120. The van der Waals surface area contributed by atoms with Crippen LogP contribution in [0.15, 0.2) is 24.4 Å². The van der Waals surface area contributed by atoms with E-state index in [0.29, 0.717) is 37.9 Å². The first-order valence-electron chi connectivity index (χ1n) is 10.2. The third kappa shape index (κ3) is 3.12. The summed E-state index contributed by atoms with van der Waals surface area (Å²) in [5.74, 6) is 0.482. The Morgan fingerprint density at radius 2 is 2.29 bits per heavy atom. The molecule has 3 aliphatic rings. The fourth-order valence-corrected chi connectivity index (χ4v) is 4.82. The SMILES string of the molecule is O=C(c1n[nH]c2c1CCC2)N1CC2(C1)OCC[C@H]2CCOCc1ccccn1. The molecule has 4 heterocycles. The predicted octanol–water partition coefficient (Wildman–Crippen LogP) is 2.13. The van der Waals surface area contributed by atoms with Gasteiger partial charge in [0.05, 0.1) is 25.4 Å². The highest BCUT2D eigenvalue weighted by atomic mass is 16.5. The van der Waals surface area contributed by atoms with E-state index in [1.807, 2.05) is 23.1 Å². The molecule has 0 radical (unpaired) electrons. The number of amides is 1. The first-order chi connectivity index (χ1) is 13.8. The van der Waals surface area contributed by atoms with Gasteiger partial charge in [-0.2, -0.15) is 5.10 Å². The molecule has 2 aliphatic heterocycles. The Kier molecular flexibility index (Phi) is 4.64. The number of hydrogen-bond donors (Lipinski definition) is 1. The minimum atomic E-state index is -0.191. The smallest absolute Gasteiger partial charge is 0.274 e. The van der Waals surface area contributed by atoms with E-state index in [9.17, 15) is 4.79 Å². The number of aromatic nitrogens is 3. The van der Waals surface area contributed by atoms with Crippen molar-refractivity contribution in [2.24, 2.45) is 5.92 Å². The van der Waals surface area contributed by atoms with Crippen LogP contribution in [0.1, 0.15) is 46.7 Å². The van der Waals surface area contributed by atoms with Crippen LogP contribution in [0.25, 0.3) is 0 Å². The van der Waals surface area contributed by atoms with Gasteiger partial charge in [-0.3, -0.25) is 14.9 Å². The van der Waals surface area contributed by atoms with Gasteiger partial charge in [-0.1, -0.05) is 6.07 Å². The maximum Gasteiger partial charge on any atom is 0.274 e. The number of likely N-dealkylation sites (tertiary alicyclic amines) is 1. The highest BCUT2D eigenvalue weighted by Crippen LogP contribution is 2.42. The van der Waals surface area contributed by atoms with E-state index in [2.05, 4.69) is 15.2 Å². The zero-order valence-electron chi connectivity index (χ0n) is 16.0. The summed E-state index contributed by atoms with van der Waals surface area (Å²) in [5.41, 5.74) is 3.64. The van der Waals surface area contributed by atoms with Crippen molar-refractivity contribution in [3.05, 3.63) is 47.0 Å². The molecule has 1 amide bonds. The molecule has 1 spiro atoms. The van der Waals surface area contributed by atoms with Crippen LogP contribution in [-0.4, -0.2) is 57.9 Å². The van der Waals surface area contributed by atoms with Crippen molar-refractivity contribution in [2.75, 3.05) is 26.3 Å². The summed E-state index contributed by atoms with van der Waals surface area (Å²) in [6, 6.07) is 5.85. The molecule has 1 N–H and O–H groups in total. The van der Waals surface area contributed by atoms with E-state index in [0.717, 1.165) is 55.7 Å². The molecule has 2 saturated heterocycles. The van der Waals surface area contributed by atoms with E-state index in [4.69, 9.17) is 9.47 Å². The molecule has 0 aromatic carbocycles. The van der Waals surface area contributed by atoms with Crippen LogP contribution in [0.5, 0.6) is 0 Å². The van der Waals surface area contributed by atoms with E-state index in [1.54, 1.807) is 6.20 Å². The van der Waals surface area contributed by atoms with Crippen molar-refractivity contribution in [3.63, 3.8) is 0 Å². The Morgan fingerprint density at radius 3 is 3.14 bits per heavy atom. The first kappa shape index (κ1) is 17.8. The Bertz CT molecular complexity index is 845. The molecule has 7 nitrogen and oxygen atoms in total. The lowest BCUT2D eigenvalue weighted by Crippen LogP contribution is -2.66. The molecule has 1 aliphatic carbocycles. The highest BCUT2D eigenvalue weighted by Gasteiger charge is 2.54. The number of H-pyrrole nitrogens is 1. The number of pyridine rings is 1. The largest absolute Gasteiger partial charge is 0.375 e. The molecule has 7 heteroatoms. The average molecular weight is 382 g/mol. The normalized spacial score (nSPS) is 22.4. The second-order valence-electron chi connectivity index (χ2n) is 8.11. The van der Waals surface area contributed by atoms with Crippen LogP contribution < -0.4 is 0 Å². The van der Waals surface area contributed by atoms with Crippen molar-refractivity contribution in [1.82, 2.24) is 20.1 Å². The molecule has 2 aromatic heterocycles. The molecule has 148 valence electrons.